The number of halogens is 1. The number of nitrogens with zero attached hydrogens (tertiary/aromatic N) is 1. The van der Waals surface area contributed by atoms with Crippen LogP contribution in [-0.2, 0) is 0 Å². The molecule has 0 heterocycles. The summed E-state index contributed by atoms with van der Waals surface area (Å²) in [5.41, 5.74) is 0.555. The Kier molecular flexibility index (Phi) is 6.15. The number of rotatable bonds is 6. The Hall–Kier alpha value is -1.07. The molecule has 0 atom stereocenters. The molecular formula is C13H19BrN2O2. The third kappa shape index (κ3) is 4.31. The zero-order chi connectivity index (χ0) is 13.5. The SMILES string of the molecule is CCN(C)CCNC(=O)c1ccc(Br)cc1OC. The maximum Gasteiger partial charge on any atom is 0.255 e. The summed E-state index contributed by atoms with van der Waals surface area (Å²) in [4.78, 5) is 14.1. The van der Waals surface area contributed by atoms with E-state index in [2.05, 4.69) is 33.1 Å². The van der Waals surface area contributed by atoms with Crippen molar-refractivity contribution >= 4 is 21.8 Å². The van der Waals surface area contributed by atoms with Gasteiger partial charge in [0.15, 0.2) is 0 Å². The lowest BCUT2D eigenvalue weighted by atomic mass is 10.2. The van der Waals surface area contributed by atoms with E-state index in [0.29, 0.717) is 17.9 Å². The van der Waals surface area contributed by atoms with Gasteiger partial charge in [0.2, 0.25) is 0 Å². The van der Waals surface area contributed by atoms with Gasteiger partial charge < -0.3 is 15.0 Å². The number of hydrogen-bond acceptors (Lipinski definition) is 3. The molecule has 0 saturated heterocycles. The predicted molar refractivity (Wildman–Crippen MR) is 76.2 cm³/mol. The Bertz CT molecular complexity index is 410. The van der Waals surface area contributed by atoms with Crippen LogP contribution in [0.5, 0.6) is 5.75 Å². The first-order valence-corrected chi connectivity index (χ1v) is 6.68. The van der Waals surface area contributed by atoms with E-state index in [1.54, 1.807) is 19.2 Å². The lowest BCUT2D eigenvalue weighted by molar-refractivity contribution is 0.0947. The quantitative estimate of drug-likeness (QED) is 0.874. The molecule has 0 aromatic heterocycles. The van der Waals surface area contributed by atoms with Crippen molar-refractivity contribution in [2.24, 2.45) is 0 Å². The topological polar surface area (TPSA) is 41.6 Å². The predicted octanol–water partition coefficient (Wildman–Crippen LogP) is 2.14. The van der Waals surface area contributed by atoms with Crippen LogP contribution in [0.25, 0.3) is 0 Å². The van der Waals surface area contributed by atoms with Crippen LogP contribution in [0.1, 0.15) is 17.3 Å². The lowest BCUT2D eigenvalue weighted by Crippen LogP contribution is -2.33. The van der Waals surface area contributed by atoms with Crippen LogP contribution >= 0.6 is 15.9 Å². The molecule has 0 unspecified atom stereocenters. The van der Waals surface area contributed by atoms with Crippen molar-refractivity contribution in [1.29, 1.82) is 0 Å². The van der Waals surface area contributed by atoms with E-state index in [0.717, 1.165) is 17.6 Å². The average molecular weight is 315 g/mol. The molecule has 100 valence electrons. The molecule has 0 spiro atoms. The minimum Gasteiger partial charge on any atom is -0.496 e. The maximum absolute atomic E-state index is 12.0. The van der Waals surface area contributed by atoms with Gasteiger partial charge in [0.05, 0.1) is 12.7 Å². The summed E-state index contributed by atoms with van der Waals surface area (Å²) in [6, 6.07) is 5.37. The number of carbonyl (C=O) groups excluding carboxylic acids is 1. The van der Waals surface area contributed by atoms with Gasteiger partial charge in [-0.1, -0.05) is 22.9 Å². The molecular weight excluding hydrogens is 296 g/mol. The van der Waals surface area contributed by atoms with Gasteiger partial charge in [-0.15, -0.1) is 0 Å². The largest absolute Gasteiger partial charge is 0.496 e. The number of ether oxygens (including phenoxy) is 1. The Morgan fingerprint density at radius 2 is 2.22 bits per heavy atom. The summed E-state index contributed by atoms with van der Waals surface area (Å²) < 4.78 is 6.09. The lowest BCUT2D eigenvalue weighted by Gasteiger charge is -2.14. The van der Waals surface area contributed by atoms with E-state index in [-0.39, 0.29) is 5.91 Å². The summed E-state index contributed by atoms with van der Waals surface area (Å²) in [5, 5.41) is 2.88. The molecule has 0 saturated carbocycles. The summed E-state index contributed by atoms with van der Waals surface area (Å²) in [5.74, 6) is 0.467. The molecule has 5 heteroatoms. The zero-order valence-corrected chi connectivity index (χ0v) is 12.6. The summed E-state index contributed by atoms with van der Waals surface area (Å²) in [7, 11) is 3.58. The van der Waals surface area contributed by atoms with Crippen molar-refractivity contribution in [2.45, 2.75) is 6.92 Å². The van der Waals surface area contributed by atoms with E-state index in [1.807, 2.05) is 13.1 Å². The fraction of sp³-hybridized carbons (Fsp3) is 0.462. The normalized spacial score (nSPS) is 10.5. The number of hydrogen-bond donors (Lipinski definition) is 1. The molecule has 4 nitrogen and oxygen atoms in total. The highest BCUT2D eigenvalue weighted by molar-refractivity contribution is 9.10. The number of likely N-dealkylation sites (N-methyl/N-ethyl adjacent to an activating group) is 1. The Morgan fingerprint density at radius 3 is 2.83 bits per heavy atom. The van der Waals surface area contributed by atoms with Gasteiger partial charge in [-0.05, 0) is 31.8 Å². The first-order valence-electron chi connectivity index (χ1n) is 5.88. The van der Waals surface area contributed by atoms with Gasteiger partial charge in [-0.2, -0.15) is 0 Å². The van der Waals surface area contributed by atoms with Crippen LogP contribution in [0.2, 0.25) is 0 Å². The molecule has 1 rings (SSSR count). The van der Waals surface area contributed by atoms with Crippen molar-refractivity contribution in [3.05, 3.63) is 28.2 Å². The van der Waals surface area contributed by atoms with Crippen molar-refractivity contribution in [1.82, 2.24) is 10.2 Å². The van der Waals surface area contributed by atoms with Crippen molar-refractivity contribution in [3.8, 4) is 5.75 Å². The first-order chi connectivity index (χ1) is 8.58. The van der Waals surface area contributed by atoms with Gasteiger partial charge in [-0.25, -0.2) is 0 Å². The molecule has 1 aromatic carbocycles. The third-order valence-electron chi connectivity index (χ3n) is 2.73. The molecule has 0 aliphatic rings. The number of nitrogens with one attached hydrogen (secondary N) is 1. The first kappa shape index (κ1) is 15.0. The van der Waals surface area contributed by atoms with E-state index in [9.17, 15) is 4.79 Å². The van der Waals surface area contributed by atoms with Crippen LogP contribution in [-0.4, -0.2) is 44.6 Å². The second kappa shape index (κ2) is 7.38. The summed E-state index contributed by atoms with van der Waals surface area (Å²) in [6.45, 7) is 4.51. The number of carbonyl (C=O) groups is 1. The van der Waals surface area contributed by atoms with Crippen molar-refractivity contribution in [3.63, 3.8) is 0 Å². The Morgan fingerprint density at radius 1 is 1.50 bits per heavy atom. The van der Waals surface area contributed by atoms with Crippen LogP contribution in [0.15, 0.2) is 22.7 Å². The maximum atomic E-state index is 12.0. The van der Waals surface area contributed by atoms with E-state index >= 15 is 0 Å². The standard InChI is InChI=1S/C13H19BrN2O2/c1-4-16(2)8-7-15-13(17)11-6-5-10(14)9-12(11)18-3/h5-6,9H,4,7-8H2,1-3H3,(H,15,17). The Labute approximate surface area is 116 Å². The van der Waals surface area contributed by atoms with Crippen molar-refractivity contribution in [2.75, 3.05) is 33.8 Å². The molecule has 18 heavy (non-hydrogen) atoms. The van der Waals surface area contributed by atoms with Gasteiger partial charge in [0, 0.05) is 17.6 Å². The molecule has 1 aromatic rings. The highest BCUT2D eigenvalue weighted by Crippen LogP contribution is 2.23. The fourth-order valence-electron chi connectivity index (χ4n) is 1.47. The van der Waals surface area contributed by atoms with Crippen LogP contribution in [0.4, 0.5) is 0 Å². The number of benzene rings is 1. The molecule has 0 aliphatic heterocycles. The van der Waals surface area contributed by atoms with Gasteiger partial charge in [-0.3, -0.25) is 4.79 Å². The minimum atomic E-state index is -0.108. The van der Waals surface area contributed by atoms with E-state index in [4.69, 9.17) is 4.74 Å². The van der Waals surface area contributed by atoms with Crippen molar-refractivity contribution < 1.29 is 9.53 Å². The van der Waals surface area contributed by atoms with E-state index < -0.39 is 0 Å². The van der Waals surface area contributed by atoms with Gasteiger partial charge in [0.25, 0.3) is 5.91 Å². The zero-order valence-electron chi connectivity index (χ0n) is 11.0. The average Bonchev–Trinajstić information content (AvgIpc) is 2.37. The second-order valence-corrected chi connectivity index (χ2v) is 4.91. The highest BCUT2D eigenvalue weighted by atomic mass is 79.9. The van der Waals surface area contributed by atoms with Gasteiger partial charge in [0.1, 0.15) is 5.75 Å². The summed E-state index contributed by atoms with van der Waals surface area (Å²) in [6.07, 6.45) is 0. The second-order valence-electron chi connectivity index (χ2n) is 4.00. The molecule has 0 radical (unpaired) electrons. The number of amides is 1. The number of methoxy groups -OCH3 is 1. The highest BCUT2D eigenvalue weighted by Gasteiger charge is 2.11. The van der Waals surface area contributed by atoms with Gasteiger partial charge >= 0.3 is 0 Å². The molecule has 0 bridgehead atoms. The molecule has 0 fully saturated rings. The third-order valence-corrected chi connectivity index (χ3v) is 3.22. The molecule has 1 amide bonds. The van der Waals surface area contributed by atoms with E-state index in [1.165, 1.54) is 0 Å². The fourth-order valence-corrected chi connectivity index (χ4v) is 1.81. The van der Waals surface area contributed by atoms with Crippen LogP contribution in [0, 0.1) is 0 Å². The molecule has 0 aliphatic carbocycles. The summed E-state index contributed by atoms with van der Waals surface area (Å²) >= 11 is 3.35. The van der Waals surface area contributed by atoms with Crippen LogP contribution < -0.4 is 10.1 Å². The van der Waals surface area contributed by atoms with Crippen LogP contribution in [0.3, 0.4) is 0 Å². The smallest absolute Gasteiger partial charge is 0.255 e. The minimum absolute atomic E-state index is 0.108. The Balaban J connectivity index is 2.61. The monoisotopic (exact) mass is 314 g/mol. The molecule has 1 N–H and O–H groups in total.